The van der Waals surface area contributed by atoms with Gasteiger partial charge in [0.15, 0.2) is 6.61 Å². The number of fused-ring (bicyclic) bond motifs is 1. The fourth-order valence-corrected chi connectivity index (χ4v) is 5.08. The molecule has 1 aliphatic rings. The Bertz CT molecular complexity index is 957. The first-order valence-corrected chi connectivity index (χ1v) is 10.9. The van der Waals surface area contributed by atoms with Gasteiger partial charge in [-0.25, -0.2) is 0 Å². The summed E-state index contributed by atoms with van der Waals surface area (Å²) >= 11 is 3.27. The van der Waals surface area contributed by atoms with Crippen molar-refractivity contribution >= 4 is 40.7 Å². The van der Waals surface area contributed by atoms with E-state index in [1.807, 2.05) is 71.4 Å². The van der Waals surface area contributed by atoms with Crippen molar-refractivity contribution in [2.24, 2.45) is 0 Å². The number of thiophene rings is 1. The molecule has 0 fully saturated rings. The summed E-state index contributed by atoms with van der Waals surface area (Å²) in [6, 6.07) is 19.6. The van der Waals surface area contributed by atoms with Crippen LogP contribution in [-0.4, -0.2) is 24.2 Å². The zero-order chi connectivity index (χ0) is 19.3. The molecule has 1 aliphatic heterocycles. The number of amides is 1. The van der Waals surface area contributed by atoms with Gasteiger partial charge in [-0.05, 0) is 40.1 Å². The first kappa shape index (κ1) is 18.8. The Kier molecular flexibility index (Phi) is 5.78. The van der Waals surface area contributed by atoms with Crippen molar-refractivity contribution < 1.29 is 14.3 Å². The lowest BCUT2D eigenvalue weighted by molar-refractivity contribution is -0.147. The van der Waals surface area contributed by atoms with Crippen molar-refractivity contribution in [2.75, 3.05) is 17.3 Å². The van der Waals surface area contributed by atoms with Crippen molar-refractivity contribution in [3.63, 3.8) is 0 Å². The lowest BCUT2D eigenvalue weighted by atomic mass is 10.1. The number of carbonyl (C=O) groups is 2. The number of carbonyl (C=O) groups excluding carboxylic acids is 2. The first-order chi connectivity index (χ1) is 13.7. The summed E-state index contributed by atoms with van der Waals surface area (Å²) in [5.74, 6) is 0.165. The Morgan fingerprint density at radius 3 is 2.61 bits per heavy atom. The fourth-order valence-electron chi connectivity index (χ4n) is 3.24. The zero-order valence-electron chi connectivity index (χ0n) is 15.1. The molecule has 6 heteroatoms. The number of para-hydroxylation sites is 1. The Labute approximate surface area is 172 Å². The van der Waals surface area contributed by atoms with Crippen molar-refractivity contribution in [3.8, 4) is 0 Å². The van der Waals surface area contributed by atoms with Crippen LogP contribution in [0.15, 0.2) is 76.3 Å². The smallest absolute Gasteiger partial charge is 0.310 e. The quantitative estimate of drug-likeness (QED) is 0.573. The Balaban J connectivity index is 1.53. The van der Waals surface area contributed by atoms with E-state index in [1.165, 1.54) is 11.3 Å². The van der Waals surface area contributed by atoms with Crippen LogP contribution in [0.25, 0.3) is 0 Å². The second-order valence-electron chi connectivity index (χ2n) is 6.44. The van der Waals surface area contributed by atoms with Gasteiger partial charge in [0.2, 0.25) is 0 Å². The second kappa shape index (κ2) is 8.63. The Morgan fingerprint density at radius 1 is 1.04 bits per heavy atom. The summed E-state index contributed by atoms with van der Waals surface area (Å²) in [5, 5.41) is 3.83. The average molecular weight is 410 g/mol. The second-order valence-corrected chi connectivity index (χ2v) is 8.28. The summed E-state index contributed by atoms with van der Waals surface area (Å²) < 4.78 is 5.30. The average Bonchev–Trinajstić information content (AvgIpc) is 3.24. The minimum absolute atomic E-state index is 0.0934. The Morgan fingerprint density at radius 2 is 1.82 bits per heavy atom. The van der Waals surface area contributed by atoms with E-state index in [9.17, 15) is 9.59 Å². The molecule has 28 heavy (non-hydrogen) atoms. The van der Waals surface area contributed by atoms with Crippen molar-refractivity contribution in [3.05, 3.63) is 82.6 Å². The van der Waals surface area contributed by atoms with Crippen molar-refractivity contribution in [1.29, 1.82) is 0 Å². The van der Waals surface area contributed by atoms with Crippen molar-refractivity contribution in [2.45, 2.75) is 17.4 Å². The van der Waals surface area contributed by atoms with E-state index in [0.29, 0.717) is 0 Å². The molecular weight excluding hydrogens is 390 g/mol. The van der Waals surface area contributed by atoms with Crippen LogP contribution in [0.1, 0.15) is 17.2 Å². The van der Waals surface area contributed by atoms with Crippen LogP contribution in [0, 0.1) is 0 Å². The van der Waals surface area contributed by atoms with Crippen LogP contribution in [0.3, 0.4) is 0 Å². The number of rotatable bonds is 5. The van der Waals surface area contributed by atoms with Crippen LogP contribution in [0.2, 0.25) is 0 Å². The van der Waals surface area contributed by atoms with E-state index in [4.69, 9.17) is 4.74 Å². The fraction of sp³-hybridized carbons (Fsp3) is 0.182. The van der Waals surface area contributed by atoms with Gasteiger partial charge in [0.1, 0.15) is 0 Å². The summed E-state index contributed by atoms with van der Waals surface area (Å²) in [6.45, 7) is -0.259. The molecule has 1 amide bonds. The molecule has 1 aromatic heterocycles. The lowest BCUT2D eigenvalue weighted by Crippen LogP contribution is -2.41. The summed E-state index contributed by atoms with van der Waals surface area (Å²) in [5.41, 5.74) is 2.85. The number of esters is 1. The molecule has 2 aromatic carbocycles. The van der Waals surface area contributed by atoms with Gasteiger partial charge in [0, 0.05) is 10.6 Å². The predicted molar refractivity (Wildman–Crippen MR) is 113 cm³/mol. The van der Waals surface area contributed by atoms with Gasteiger partial charge < -0.3 is 4.74 Å². The van der Waals surface area contributed by atoms with E-state index in [1.54, 1.807) is 16.7 Å². The molecular formula is C22H19NO3S2. The molecule has 0 spiro atoms. The van der Waals surface area contributed by atoms with Gasteiger partial charge in [-0.15, -0.1) is 11.8 Å². The lowest BCUT2D eigenvalue weighted by Gasteiger charge is -2.37. The molecule has 3 aromatic rings. The highest BCUT2D eigenvalue weighted by Crippen LogP contribution is 2.43. The van der Waals surface area contributed by atoms with Gasteiger partial charge in [0.25, 0.3) is 5.91 Å². The third kappa shape index (κ3) is 4.13. The summed E-state index contributed by atoms with van der Waals surface area (Å²) in [6.07, 6.45) is 0.186. The van der Waals surface area contributed by atoms with Gasteiger partial charge in [0.05, 0.1) is 18.2 Å². The highest BCUT2D eigenvalue weighted by Gasteiger charge is 2.32. The molecule has 0 bridgehead atoms. The molecule has 4 nitrogen and oxygen atoms in total. The summed E-state index contributed by atoms with van der Waals surface area (Å²) in [7, 11) is 0. The zero-order valence-corrected chi connectivity index (χ0v) is 16.7. The number of hydrogen-bond donors (Lipinski definition) is 0. The highest BCUT2D eigenvalue weighted by molar-refractivity contribution is 7.99. The van der Waals surface area contributed by atoms with Crippen molar-refractivity contribution in [1.82, 2.24) is 0 Å². The third-order valence-electron chi connectivity index (χ3n) is 4.57. The third-order valence-corrected chi connectivity index (χ3v) is 6.44. The SMILES string of the molecule is O=C(Cc1ccsc1)OCC(=O)N1c2ccccc2SC[C@@H]1c1ccccc1. The standard InChI is InChI=1S/C22H19NO3S2/c24-21(13-26-22(25)12-16-10-11-27-14-16)23-18-8-4-5-9-20(18)28-15-19(23)17-6-2-1-3-7-17/h1-11,14,19H,12-13,15H2/t19-/m1/s1. The molecule has 0 N–H and O–H groups in total. The molecule has 0 aliphatic carbocycles. The van der Waals surface area contributed by atoms with Crippen LogP contribution in [0.5, 0.6) is 0 Å². The maximum atomic E-state index is 13.1. The maximum absolute atomic E-state index is 13.1. The largest absolute Gasteiger partial charge is 0.455 e. The molecule has 4 rings (SSSR count). The van der Waals surface area contributed by atoms with Gasteiger partial charge >= 0.3 is 5.97 Å². The van der Waals surface area contributed by atoms with Crippen LogP contribution >= 0.6 is 23.1 Å². The number of hydrogen-bond acceptors (Lipinski definition) is 5. The topological polar surface area (TPSA) is 46.6 Å². The number of nitrogens with zero attached hydrogens (tertiary/aromatic N) is 1. The van der Waals surface area contributed by atoms with Gasteiger partial charge in [-0.3, -0.25) is 14.5 Å². The Hall–Kier alpha value is -2.57. The normalized spacial score (nSPS) is 15.7. The minimum Gasteiger partial charge on any atom is -0.455 e. The van der Waals surface area contributed by atoms with E-state index in [-0.39, 0.29) is 30.9 Å². The molecule has 0 saturated heterocycles. The molecule has 2 heterocycles. The molecule has 142 valence electrons. The number of benzene rings is 2. The van der Waals surface area contributed by atoms with Gasteiger partial charge in [-0.2, -0.15) is 11.3 Å². The number of ether oxygens (including phenoxy) is 1. The number of thioether (sulfide) groups is 1. The molecule has 0 radical (unpaired) electrons. The van der Waals surface area contributed by atoms with Gasteiger partial charge in [-0.1, -0.05) is 42.5 Å². The summed E-state index contributed by atoms with van der Waals surface area (Å²) in [4.78, 5) is 28.0. The highest BCUT2D eigenvalue weighted by atomic mass is 32.2. The molecule has 1 atom stereocenters. The van der Waals surface area contributed by atoms with Crippen LogP contribution < -0.4 is 4.90 Å². The van der Waals surface area contributed by atoms with E-state index in [2.05, 4.69) is 0 Å². The monoisotopic (exact) mass is 409 g/mol. The molecule has 0 saturated carbocycles. The van der Waals surface area contributed by atoms with E-state index < -0.39 is 0 Å². The first-order valence-electron chi connectivity index (χ1n) is 8.98. The van der Waals surface area contributed by atoms with E-state index in [0.717, 1.165) is 27.5 Å². The predicted octanol–water partition coefficient (Wildman–Crippen LogP) is 4.71. The van der Waals surface area contributed by atoms with Crippen LogP contribution in [0.4, 0.5) is 5.69 Å². The van der Waals surface area contributed by atoms with E-state index >= 15 is 0 Å². The van der Waals surface area contributed by atoms with Crippen LogP contribution in [-0.2, 0) is 20.7 Å². The maximum Gasteiger partial charge on any atom is 0.310 e. The number of anilines is 1. The minimum atomic E-state index is -0.386. The molecule has 0 unspecified atom stereocenters.